The van der Waals surface area contributed by atoms with E-state index in [9.17, 15) is 18.4 Å². The molecular formula is C26H38F2O9. The minimum atomic E-state index is -3.55. The number of alkyl halides is 2. The van der Waals surface area contributed by atoms with E-state index in [1.165, 1.54) is 0 Å². The summed E-state index contributed by atoms with van der Waals surface area (Å²) in [7, 11) is 0. The molecule has 4 aliphatic carbocycles. The van der Waals surface area contributed by atoms with Gasteiger partial charge in [-0.25, -0.2) is 9.59 Å². The lowest BCUT2D eigenvalue weighted by Gasteiger charge is -2.60. The van der Waals surface area contributed by atoms with E-state index in [-0.39, 0.29) is 31.7 Å². The van der Waals surface area contributed by atoms with Crippen molar-refractivity contribution in [2.45, 2.75) is 115 Å². The molecule has 210 valence electrons. The minimum absolute atomic E-state index is 0.101. The maximum absolute atomic E-state index is 13.4. The van der Waals surface area contributed by atoms with Gasteiger partial charge in [0.2, 0.25) is 0 Å². The van der Waals surface area contributed by atoms with Crippen LogP contribution in [-0.2, 0) is 38.0 Å². The number of esters is 1. The number of hydrogen-bond donors (Lipinski definition) is 0. The third kappa shape index (κ3) is 5.74. The highest BCUT2D eigenvalue weighted by molar-refractivity contribution is 5.76. The average molecular weight is 533 g/mol. The van der Waals surface area contributed by atoms with Gasteiger partial charge in [-0.05, 0) is 78.1 Å². The molecule has 2 saturated heterocycles. The van der Waals surface area contributed by atoms with E-state index in [0.717, 1.165) is 19.3 Å². The van der Waals surface area contributed by atoms with Crippen LogP contribution < -0.4 is 0 Å². The number of carbonyl (C=O) groups is 2. The fraction of sp³-hybridized carbons (Fsp3) is 0.923. The first kappa shape index (κ1) is 27.0. The molecular weight excluding hydrogens is 494 g/mol. The average Bonchev–Trinajstić information content (AvgIpc) is 3.29. The van der Waals surface area contributed by atoms with Gasteiger partial charge in [0.1, 0.15) is 17.8 Å². The Kier molecular flexibility index (Phi) is 6.57. The van der Waals surface area contributed by atoms with Crippen molar-refractivity contribution in [3.05, 3.63) is 0 Å². The van der Waals surface area contributed by atoms with Crippen molar-refractivity contribution in [3.8, 4) is 0 Å². The van der Waals surface area contributed by atoms with Gasteiger partial charge in [0.15, 0.2) is 17.7 Å². The molecule has 2 heterocycles. The summed E-state index contributed by atoms with van der Waals surface area (Å²) in [6, 6.07) is 0. The zero-order valence-electron chi connectivity index (χ0n) is 22.2. The van der Waals surface area contributed by atoms with E-state index in [2.05, 4.69) is 0 Å². The molecule has 11 heteroatoms. The van der Waals surface area contributed by atoms with Crippen LogP contribution in [0.25, 0.3) is 0 Å². The first-order valence-electron chi connectivity index (χ1n) is 13.1. The van der Waals surface area contributed by atoms with Gasteiger partial charge in [-0.15, -0.1) is 0 Å². The van der Waals surface area contributed by atoms with Crippen LogP contribution >= 0.6 is 0 Å². The quantitative estimate of drug-likeness (QED) is 0.443. The van der Waals surface area contributed by atoms with Crippen LogP contribution in [0.15, 0.2) is 0 Å². The van der Waals surface area contributed by atoms with Crippen molar-refractivity contribution < 1.29 is 51.5 Å². The Hall–Kier alpha value is -1.56. The van der Waals surface area contributed by atoms with E-state index in [0.29, 0.717) is 26.2 Å². The van der Waals surface area contributed by atoms with E-state index < -0.39 is 58.9 Å². The summed E-state index contributed by atoms with van der Waals surface area (Å²) in [4.78, 5) is 25.0. The lowest BCUT2D eigenvalue weighted by Crippen LogP contribution is -2.59. The molecule has 6 aliphatic rings. The van der Waals surface area contributed by atoms with E-state index in [1.54, 1.807) is 27.7 Å². The smallest absolute Gasteiger partial charge is 0.461 e. The molecule has 4 unspecified atom stereocenters. The van der Waals surface area contributed by atoms with Crippen LogP contribution in [0.4, 0.5) is 13.6 Å². The molecule has 0 N–H and O–H groups in total. The molecule has 0 aromatic rings. The molecule has 0 amide bonds. The second kappa shape index (κ2) is 8.99. The van der Waals surface area contributed by atoms with Gasteiger partial charge in [-0.1, -0.05) is 0 Å². The Morgan fingerprint density at radius 1 is 0.946 bits per heavy atom. The molecule has 0 radical (unpaired) electrons. The van der Waals surface area contributed by atoms with E-state index in [4.69, 9.17) is 33.2 Å². The van der Waals surface area contributed by atoms with Crippen molar-refractivity contribution >= 4 is 12.1 Å². The molecule has 2 aliphatic heterocycles. The molecule has 6 fully saturated rings. The van der Waals surface area contributed by atoms with E-state index in [1.807, 2.05) is 0 Å². The highest BCUT2D eigenvalue weighted by Gasteiger charge is 2.61. The van der Waals surface area contributed by atoms with Gasteiger partial charge in [0, 0.05) is 12.3 Å². The second-order valence-electron chi connectivity index (χ2n) is 12.8. The molecule has 9 nitrogen and oxygen atoms in total. The fourth-order valence-corrected chi connectivity index (χ4v) is 7.46. The molecule has 0 spiro atoms. The molecule has 0 aromatic carbocycles. The van der Waals surface area contributed by atoms with Gasteiger partial charge in [-0.2, -0.15) is 8.78 Å². The summed E-state index contributed by atoms with van der Waals surface area (Å²) >= 11 is 0. The van der Waals surface area contributed by atoms with Crippen LogP contribution in [0, 0.1) is 17.3 Å². The van der Waals surface area contributed by atoms with Gasteiger partial charge >= 0.3 is 18.0 Å². The SMILES string of the molecule is CC1(C)OCC(C(OC(=O)OC23CC4CC(CC(COC(=O)C(C)(F)F)(C4)C2)C3)C2COC(C)(C)O2)O1. The van der Waals surface area contributed by atoms with Crippen molar-refractivity contribution in [2.75, 3.05) is 19.8 Å². The van der Waals surface area contributed by atoms with Crippen LogP contribution in [0.3, 0.4) is 0 Å². The van der Waals surface area contributed by atoms with Crippen molar-refractivity contribution in [1.82, 2.24) is 0 Å². The van der Waals surface area contributed by atoms with Crippen LogP contribution in [0.5, 0.6) is 0 Å². The minimum Gasteiger partial charge on any atom is -0.461 e. The van der Waals surface area contributed by atoms with Gasteiger partial charge in [-0.3, -0.25) is 0 Å². The molecule has 4 bridgehead atoms. The number of halogens is 2. The van der Waals surface area contributed by atoms with Crippen molar-refractivity contribution in [1.29, 1.82) is 0 Å². The number of hydrogen-bond acceptors (Lipinski definition) is 9. The van der Waals surface area contributed by atoms with Crippen molar-refractivity contribution in [2.24, 2.45) is 17.3 Å². The number of rotatable bonds is 7. The summed E-state index contributed by atoms with van der Waals surface area (Å²) in [6.07, 6.45) is 1.54. The van der Waals surface area contributed by atoms with E-state index >= 15 is 0 Å². The monoisotopic (exact) mass is 532 g/mol. The normalized spacial score (nSPS) is 40.4. The summed E-state index contributed by atoms with van der Waals surface area (Å²) in [6.45, 7) is 8.02. The third-order valence-electron chi connectivity index (χ3n) is 8.32. The fourth-order valence-electron chi connectivity index (χ4n) is 7.46. The maximum atomic E-state index is 13.4. The Labute approximate surface area is 215 Å². The van der Waals surface area contributed by atoms with Gasteiger partial charge in [0.25, 0.3) is 0 Å². The highest BCUT2D eigenvalue weighted by Crippen LogP contribution is 2.63. The third-order valence-corrected chi connectivity index (χ3v) is 8.32. The molecule has 6 rings (SSSR count). The lowest BCUT2D eigenvalue weighted by atomic mass is 9.48. The van der Waals surface area contributed by atoms with Gasteiger partial charge < -0.3 is 33.2 Å². The Balaban J connectivity index is 1.28. The summed E-state index contributed by atoms with van der Waals surface area (Å²) in [5.41, 5.74) is -1.27. The van der Waals surface area contributed by atoms with Crippen molar-refractivity contribution in [3.63, 3.8) is 0 Å². The maximum Gasteiger partial charge on any atom is 0.509 e. The predicted molar refractivity (Wildman–Crippen MR) is 123 cm³/mol. The zero-order valence-corrected chi connectivity index (χ0v) is 22.2. The summed E-state index contributed by atoms with van der Waals surface area (Å²) in [5.74, 6) is -6.19. The van der Waals surface area contributed by atoms with Crippen LogP contribution in [0.2, 0.25) is 0 Å². The molecule has 4 saturated carbocycles. The largest absolute Gasteiger partial charge is 0.509 e. The highest BCUT2D eigenvalue weighted by atomic mass is 19.3. The first-order chi connectivity index (χ1) is 17.1. The second-order valence-corrected chi connectivity index (χ2v) is 12.8. The zero-order chi connectivity index (χ0) is 26.9. The molecule has 4 atom stereocenters. The topological polar surface area (TPSA) is 98.8 Å². The standard InChI is InChI=1S/C26H38F2O9/c1-22(2)32-11-17(35-22)19(18-12-33-23(3,4)36-18)34-21(30)37-26-9-15-6-16(10-26)8-25(7-15,13-26)14-31-20(29)24(5,27)28/h15-19H,6-14H2,1-5H3. The van der Waals surface area contributed by atoms with Crippen LogP contribution in [0.1, 0.15) is 73.1 Å². The summed E-state index contributed by atoms with van der Waals surface area (Å²) < 4.78 is 67.1. The lowest BCUT2D eigenvalue weighted by molar-refractivity contribution is -0.210. The van der Waals surface area contributed by atoms with Gasteiger partial charge in [0.05, 0.1) is 19.8 Å². The number of ether oxygens (including phenoxy) is 7. The Morgan fingerprint density at radius 3 is 1.95 bits per heavy atom. The first-order valence-corrected chi connectivity index (χ1v) is 13.1. The molecule has 0 aromatic heterocycles. The summed E-state index contributed by atoms with van der Waals surface area (Å²) in [5, 5.41) is 0. The molecule has 37 heavy (non-hydrogen) atoms. The number of carbonyl (C=O) groups excluding carboxylic acids is 2. The Morgan fingerprint density at radius 2 is 1.49 bits per heavy atom. The predicted octanol–water partition coefficient (Wildman–Crippen LogP) is 4.35. The van der Waals surface area contributed by atoms with Crippen LogP contribution in [-0.4, -0.2) is 73.4 Å². The Bertz CT molecular complexity index is 874.